The maximum absolute atomic E-state index is 16.8. The lowest BCUT2D eigenvalue weighted by Crippen LogP contribution is -2.23. The smallest absolute Gasteiger partial charge is 0.343 e. The van der Waals surface area contributed by atoms with Gasteiger partial charge in [-0.15, -0.1) is 0 Å². The van der Waals surface area contributed by atoms with E-state index in [0.717, 1.165) is 18.3 Å². The van der Waals surface area contributed by atoms with Crippen LogP contribution in [-0.2, 0) is 5.54 Å². The van der Waals surface area contributed by atoms with Gasteiger partial charge in [-0.3, -0.25) is 4.85 Å². The second kappa shape index (κ2) is 12.1. The number of halogens is 3. The van der Waals surface area contributed by atoms with E-state index in [1.165, 1.54) is 0 Å². The van der Waals surface area contributed by atoms with Crippen LogP contribution in [0.5, 0.6) is 0 Å². The van der Waals surface area contributed by atoms with Crippen LogP contribution in [0.25, 0.3) is 38.3 Å². The Morgan fingerprint density at radius 1 is 0.917 bits per heavy atom. The summed E-state index contributed by atoms with van der Waals surface area (Å²) in [5.41, 5.74) is -3.12. The highest BCUT2D eigenvalue weighted by atomic mass is 19.2. The predicted molar refractivity (Wildman–Crippen MR) is 176 cm³/mol. The van der Waals surface area contributed by atoms with Gasteiger partial charge in [0.05, 0.1) is 6.07 Å². The van der Waals surface area contributed by atoms with Gasteiger partial charge in [0.1, 0.15) is 35.3 Å². The second-order valence-corrected chi connectivity index (χ2v) is 11.3. The second-order valence-electron chi connectivity index (χ2n) is 11.3. The van der Waals surface area contributed by atoms with Gasteiger partial charge in [0, 0.05) is 71.7 Å². The van der Waals surface area contributed by atoms with E-state index in [-0.39, 0.29) is 27.9 Å². The van der Waals surface area contributed by atoms with Gasteiger partial charge >= 0.3 is 11.5 Å². The van der Waals surface area contributed by atoms with Crippen molar-refractivity contribution >= 4 is 34.0 Å². The lowest BCUT2D eigenvalue weighted by molar-refractivity contribution is 0.0690. The van der Waals surface area contributed by atoms with E-state index in [2.05, 4.69) is 4.85 Å². The molecular formula is C38H26F3N4O3+. The number of benzene rings is 5. The van der Waals surface area contributed by atoms with Crippen molar-refractivity contribution in [3.05, 3.63) is 142 Å². The Morgan fingerprint density at radius 3 is 2.21 bits per heavy atom. The van der Waals surface area contributed by atoms with Crippen molar-refractivity contribution in [1.29, 1.82) is 5.26 Å². The summed E-state index contributed by atoms with van der Waals surface area (Å²) < 4.78 is 56.3. The fourth-order valence-corrected chi connectivity index (χ4v) is 5.82. The minimum atomic E-state index is -2.50. The highest BCUT2D eigenvalue weighted by Crippen LogP contribution is 2.46. The predicted octanol–water partition coefficient (Wildman–Crippen LogP) is 8.48. The third-order valence-corrected chi connectivity index (χ3v) is 8.46. The van der Waals surface area contributed by atoms with Gasteiger partial charge in [-0.2, -0.15) is 9.84 Å². The van der Waals surface area contributed by atoms with Gasteiger partial charge in [-0.25, -0.2) is 24.5 Å². The van der Waals surface area contributed by atoms with Crippen molar-refractivity contribution in [3.8, 4) is 28.5 Å². The van der Waals surface area contributed by atoms with E-state index in [1.807, 2.05) is 84.2 Å². The molecule has 1 unspecified atom stereocenters. The van der Waals surface area contributed by atoms with Gasteiger partial charge in [0.25, 0.3) is 0 Å². The van der Waals surface area contributed by atoms with Gasteiger partial charge in [-0.1, -0.05) is 36.4 Å². The third-order valence-electron chi connectivity index (χ3n) is 8.46. The third kappa shape index (κ3) is 5.10. The molecule has 0 amide bonds. The van der Waals surface area contributed by atoms with Crippen molar-refractivity contribution in [1.82, 2.24) is 4.58 Å². The number of aromatic carboxylic acids is 1. The molecule has 0 saturated carbocycles. The molecule has 0 radical (unpaired) electrons. The van der Waals surface area contributed by atoms with Crippen LogP contribution in [0.1, 0.15) is 22.8 Å². The average molecular weight is 644 g/mol. The molecule has 7 nitrogen and oxygen atoms in total. The van der Waals surface area contributed by atoms with Gasteiger partial charge in [0.2, 0.25) is 11.0 Å². The zero-order valence-corrected chi connectivity index (χ0v) is 25.9. The topological polar surface area (TPSA) is 84.8 Å². The Kier molecular flexibility index (Phi) is 7.95. The molecule has 2 aliphatic rings. The van der Waals surface area contributed by atoms with Crippen LogP contribution >= 0.6 is 0 Å². The number of carbonyl (C=O) groups is 1. The number of anilines is 2. The van der Waals surface area contributed by atoms with Gasteiger partial charge in [0.15, 0.2) is 17.7 Å². The molecule has 4 aromatic carbocycles. The monoisotopic (exact) mass is 643 g/mol. The quantitative estimate of drug-likeness (QED) is 0.0852. The van der Waals surface area contributed by atoms with Crippen LogP contribution in [0, 0.1) is 35.4 Å². The summed E-state index contributed by atoms with van der Waals surface area (Å²) >= 11 is 0. The molecule has 48 heavy (non-hydrogen) atoms. The van der Waals surface area contributed by atoms with E-state index in [1.54, 1.807) is 42.5 Å². The number of nitriles is 1. The SMILES string of the molecule is [C-]#[N+]C(C)(C#N)c1c(F)c(F)c(C(=O)O)c(-c2c3ccc(=[N+](C)c4ccccc4)cc-3oc3cc(N(C)c4ccccc4)ccc23)c1F. The molecule has 1 aliphatic heterocycles. The molecule has 1 heterocycles. The van der Waals surface area contributed by atoms with Crippen molar-refractivity contribution in [2.24, 2.45) is 0 Å². The molecular weight excluding hydrogens is 617 g/mol. The Hall–Kier alpha value is -6.39. The molecule has 0 fully saturated rings. The van der Waals surface area contributed by atoms with E-state index in [9.17, 15) is 15.2 Å². The summed E-state index contributed by atoms with van der Waals surface area (Å²) in [7, 11) is 3.67. The van der Waals surface area contributed by atoms with Crippen molar-refractivity contribution in [2.75, 3.05) is 19.0 Å². The number of hydrogen-bond acceptors (Lipinski definition) is 4. The van der Waals surface area contributed by atoms with Gasteiger partial charge < -0.3 is 14.4 Å². The summed E-state index contributed by atoms with van der Waals surface area (Å²) in [6.07, 6.45) is 0. The Labute approximate surface area is 273 Å². The number of para-hydroxylation sites is 2. The van der Waals surface area contributed by atoms with E-state index in [0.29, 0.717) is 11.0 Å². The van der Waals surface area contributed by atoms with Crippen molar-refractivity contribution in [2.45, 2.75) is 12.5 Å². The fraction of sp³-hybridized carbons (Fsp3) is 0.105. The standard InChI is InChI=1S/C38H25F3N4O3/c1-38(21-42,43-2)33-34(39)31(32(37(46)47)35(40)36(33)41)30-26-17-15-24(44(3)22-11-7-5-8-12-22)19-28(26)48-29-20-25(16-18-27(29)30)45(4)23-13-9-6-10-14-23/h5-20H,1,3-4H3/p+1. The molecule has 4 aromatic rings. The molecule has 1 N–H and O–H groups in total. The maximum atomic E-state index is 16.8. The first-order valence-electron chi connectivity index (χ1n) is 14.7. The Balaban J connectivity index is 1.78. The van der Waals surface area contributed by atoms with E-state index >= 15 is 13.2 Å². The lowest BCUT2D eigenvalue weighted by Gasteiger charge is -2.23. The summed E-state index contributed by atoms with van der Waals surface area (Å²) in [4.78, 5) is 17.5. The highest BCUT2D eigenvalue weighted by Gasteiger charge is 2.45. The fourth-order valence-electron chi connectivity index (χ4n) is 5.82. The Morgan fingerprint density at radius 2 is 1.58 bits per heavy atom. The largest absolute Gasteiger partial charge is 0.478 e. The van der Waals surface area contributed by atoms with Crippen molar-refractivity contribution < 1.29 is 27.5 Å². The number of carboxylic acids is 1. The maximum Gasteiger partial charge on any atom is 0.343 e. The van der Waals surface area contributed by atoms with Crippen molar-refractivity contribution in [3.63, 3.8) is 0 Å². The van der Waals surface area contributed by atoms with Crippen LogP contribution in [0.15, 0.2) is 101 Å². The summed E-state index contributed by atoms with van der Waals surface area (Å²) in [6.45, 7) is 8.45. The minimum Gasteiger partial charge on any atom is -0.478 e. The van der Waals surface area contributed by atoms with Crippen LogP contribution in [0.2, 0.25) is 0 Å². The van der Waals surface area contributed by atoms with E-state index < -0.39 is 45.7 Å². The minimum absolute atomic E-state index is 0.102. The summed E-state index contributed by atoms with van der Waals surface area (Å²) in [5, 5.41) is 20.8. The summed E-state index contributed by atoms with van der Waals surface area (Å²) in [6, 6.07) is 30.4. The van der Waals surface area contributed by atoms with E-state index in [4.69, 9.17) is 11.0 Å². The van der Waals surface area contributed by atoms with Crippen LogP contribution in [-0.4, -0.2) is 25.2 Å². The molecule has 0 spiro atoms. The lowest BCUT2D eigenvalue weighted by atomic mass is 9.84. The zero-order chi connectivity index (χ0) is 34.3. The van der Waals surface area contributed by atoms with Crippen LogP contribution in [0.3, 0.4) is 0 Å². The molecule has 236 valence electrons. The molecule has 0 bridgehead atoms. The number of hydrogen-bond donors (Lipinski definition) is 1. The number of nitrogens with zero attached hydrogens (tertiary/aromatic N) is 4. The molecule has 0 saturated heterocycles. The average Bonchev–Trinajstić information content (AvgIpc) is 3.11. The zero-order valence-electron chi connectivity index (χ0n) is 25.9. The molecule has 10 heteroatoms. The normalized spacial score (nSPS) is 13.0. The first-order chi connectivity index (χ1) is 23.0. The first-order valence-corrected chi connectivity index (χ1v) is 14.7. The molecule has 0 aromatic heterocycles. The van der Waals surface area contributed by atoms with Gasteiger partial charge in [-0.05, 0) is 30.3 Å². The Bertz CT molecular complexity index is 2360. The molecule has 1 atom stereocenters. The number of carboxylic acid groups (broad SMARTS) is 1. The molecule has 6 rings (SSSR count). The number of fused-ring (bicyclic) bond motifs is 2. The molecule has 1 aliphatic carbocycles. The first kappa shape index (κ1) is 31.6. The highest BCUT2D eigenvalue weighted by molar-refractivity contribution is 6.08. The summed E-state index contributed by atoms with van der Waals surface area (Å²) in [5.74, 6) is -7.08. The van der Waals surface area contributed by atoms with Crippen LogP contribution < -0.4 is 14.8 Å². The van der Waals surface area contributed by atoms with Crippen LogP contribution in [0.4, 0.5) is 30.2 Å². The number of rotatable bonds is 6.